The molecule has 3 aromatic rings. The van der Waals surface area contributed by atoms with Gasteiger partial charge in [-0.15, -0.1) is 0 Å². The SMILES string of the molecule is COc1ccc(Cc2cc([C@@H]3OC(=Cc4ccccc4)[C@@H](O)[C@H](O)[C@H]3O)ccc2Cl)cc1. The summed E-state index contributed by atoms with van der Waals surface area (Å²) in [5.41, 5.74) is 3.39. The molecule has 4 rings (SSSR count). The van der Waals surface area contributed by atoms with Crippen molar-refractivity contribution in [3.63, 3.8) is 0 Å². The van der Waals surface area contributed by atoms with Crippen LogP contribution < -0.4 is 4.74 Å². The van der Waals surface area contributed by atoms with Crippen LogP contribution in [0.3, 0.4) is 0 Å². The number of ether oxygens (including phenoxy) is 2. The van der Waals surface area contributed by atoms with Crippen LogP contribution in [0.15, 0.2) is 78.6 Å². The van der Waals surface area contributed by atoms with Crippen molar-refractivity contribution in [3.05, 3.63) is 106 Å². The van der Waals surface area contributed by atoms with E-state index in [9.17, 15) is 15.3 Å². The normalized spacial score (nSPS) is 24.2. The first-order valence-corrected chi connectivity index (χ1v) is 10.7. The molecule has 0 aliphatic carbocycles. The van der Waals surface area contributed by atoms with E-state index in [0.717, 1.165) is 22.4 Å². The predicted octanol–water partition coefficient (Wildman–Crippen LogP) is 4.13. The second-order valence-corrected chi connectivity index (χ2v) is 8.20. The van der Waals surface area contributed by atoms with Crippen LogP contribution in [-0.2, 0) is 11.2 Å². The fourth-order valence-electron chi connectivity index (χ4n) is 3.79. The topological polar surface area (TPSA) is 79.2 Å². The van der Waals surface area contributed by atoms with Crippen molar-refractivity contribution in [2.75, 3.05) is 7.11 Å². The van der Waals surface area contributed by atoms with Crippen LogP contribution in [0.25, 0.3) is 6.08 Å². The lowest BCUT2D eigenvalue weighted by Gasteiger charge is -2.38. The average molecular weight is 453 g/mol. The van der Waals surface area contributed by atoms with Crippen molar-refractivity contribution >= 4 is 17.7 Å². The number of halogens is 1. The molecule has 4 atom stereocenters. The Labute approximate surface area is 192 Å². The molecule has 0 bridgehead atoms. The minimum absolute atomic E-state index is 0.200. The fourth-order valence-corrected chi connectivity index (χ4v) is 3.97. The van der Waals surface area contributed by atoms with Gasteiger partial charge in [0.1, 0.15) is 29.8 Å². The third-order valence-corrected chi connectivity index (χ3v) is 5.97. The Morgan fingerprint density at radius 1 is 0.938 bits per heavy atom. The van der Waals surface area contributed by atoms with Gasteiger partial charge in [-0.05, 0) is 52.9 Å². The van der Waals surface area contributed by atoms with Crippen molar-refractivity contribution in [2.24, 2.45) is 0 Å². The second-order valence-electron chi connectivity index (χ2n) is 7.80. The number of aliphatic hydroxyl groups is 3. The maximum Gasteiger partial charge on any atom is 0.152 e. The molecule has 1 fully saturated rings. The van der Waals surface area contributed by atoms with E-state index in [1.165, 1.54) is 0 Å². The molecule has 166 valence electrons. The molecule has 0 spiro atoms. The Balaban J connectivity index is 1.62. The van der Waals surface area contributed by atoms with Gasteiger partial charge in [-0.3, -0.25) is 0 Å². The highest BCUT2D eigenvalue weighted by molar-refractivity contribution is 6.31. The maximum atomic E-state index is 10.6. The van der Waals surface area contributed by atoms with Crippen molar-refractivity contribution in [1.29, 1.82) is 0 Å². The van der Waals surface area contributed by atoms with E-state index in [1.807, 2.05) is 60.7 Å². The molecule has 1 aliphatic rings. The standard InChI is InChI=1S/C26H25ClO5/c1-31-20-10-7-17(8-11-20)13-19-15-18(9-12-21(19)27)26-25(30)24(29)23(28)22(32-26)14-16-5-3-2-4-6-16/h2-12,14-15,23-26,28-30H,13H2,1H3/t23-,24+,25-,26+/m1/s1. The second kappa shape index (κ2) is 9.76. The Kier molecular flexibility index (Phi) is 6.82. The molecule has 0 unspecified atom stereocenters. The van der Waals surface area contributed by atoms with E-state index in [-0.39, 0.29) is 5.76 Å². The Hall–Kier alpha value is -2.83. The molecular weight excluding hydrogens is 428 g/mol. The molecular formula is C26H25ClO5. The number of benzene rings is 3. The lowest BCUT2D eigenvalue weighted by atomic mass is 9.91. The summed E-state index contributed by atoms with van der Waals surface area (Å²) < 4.78 is 11.2. The molecule has 1 saturated heterocycles. The highest BCUT2D eigenvalue weighted by Crippen LogP contribution is 2.36. The monoisotopic (exact) mass is 452 g/mol. The smallest absolute Gasteiger partial charge is 0.152 e. The maximum absolute atomic E-state index is 10.6. The summed E-state index contributed by atoms with van der Waals surface area (Å²) in [5.74, 6) is 0.975. The van der Waals surface area contributed by atoms with Crippen molar-refractivity contribution in [2.45, 2.75) is 30.8 Å². The lowest BCUT2D eigenvalue weighted by molar-refractivity contribution is -0.156. The minimum atomic E-state index is -1.38. The van der Waals surface area contributed by atoms with Crippen LogP contribution in [0.4, 0.5) is 0 Å². The highest BCUT2D eigenvalue weighted by atomic mass is 35.5. The largest absolute Gasteiger partial charge is 0.497 e. The Morgan fingerprint density at radius 2 is 1.66 bits per heavy atom. The zero-order valence-electron chi connectivity index (χ0n) is 17.6. The van der Waals surface area contributed by atoms with Crippen LogP contribution in [0, 0.1) is 0 Å². The number of rotatable bonds is 5. The molecule has 6 heteroatoms. The van der Waals surface area contributed by atoms with Gasteiger partial charge in [0.05, 0.1) is 7.11 Å². The zero-order chi connectivity index (χ0) is 22.7. The number of hydrogen-bond acceptors (Lipinski definition) is 5. The molecule has 1 aliphatic heterocycles. The molecule has 0 amide bonds. The summed E-state index contributed by atoms with van der Waals surface area (Å²) in [6.45, 7) is 0. The van der Waals surface area contributed by atoms with Crippen LogP contribution in [0.1, 0.15) is 28.4 Å². The molecule has 0 saturated carbocycles. The molecule has 0 radical (unpaired) electrons. The van der Waals surface area contributed by atoms with Crippen molar-refractivity contribution < 1.29 is 24.8 Å². The van der Waals surface area contributed by atoms with E-state index in [0.29, 0.717) is 17.0 Å². The van der Waals surface area contributed by atoms with E-state index in [4.69, 9.17) is 21.1 Å². The van der Waals surface area contributed by atoms with Crippen molar-refractivity contribution in [1.82, 2.24) is 0 Å². The number of hydrogen-bond donors (Lipinski definition) is 3. The van der Waals surface area contributed by atoms with Gasteiger partial charge in [-0.25, -0.2) is 0 Å². The average Bonchev–Trinajstić information content (AvgIpc) is 2.82. The van der Waals surface area contributed by atoms with E-state index in [1.54, 1.807) is 25.3 Å². The Morgan fingerprint density at radius 3 is 2.34 bits per heavy atom. The van der Waals surface area contributed by atoms with Gasteiger partial charge in [-0.2, -0.15) is 0 Å². The number of methoxy groups -OCH3 is 1. The summed E-state index contributed by atoms with van der Waals surface area (Å²) >= 11 is 6.44. The van der Waals surface area contributed by atoms with Crippen LogP contribution in [0.2, 0.25) is 5.02 Å². The van der Waals surface area contributed by atoms with Gasteiger partial charge >= 0.3 is 0 Å². The van der Waals surface area contributed by atoms with Crippen LogP contribution in [-0.4, -0.2) is 40.7 Å². The first kappa shape index (κ1) is 22.4. The van der Waals surface area contributed by atoms with Gasteiger partial charge in [0.2, 0.25) is 0 Å². The summed E-state index contributed by atoms with van der Waals surface area (Å²) in [7, 11) is 1.62. The first-order valence-electron chi connectivity index (χ1n) is 10.3. The fraction of sp³-hybridized carbons (Fsp3) is 0.231. The molecule has 3 N–H and O–H groups in total. The zero-order valence-corrected chi connectivity index (χ0v) is 18.3. The molecule has 3 aromatic carbocycles. The molecule has 1 heterocycles. The minimum Gasteiger partial charge on any atom is -0.497 e. The van der Waals surface area contributed by atoms with E-state index < -0.39 is 24.4 Å². The van der Waals surface area contributed by atoms with Gasteiger partial charge in [0, 0.05) is 5.02 Å². The third kappa shape index (κ3) is 4.81. The van der Waals surface area contributed by atoms with Gasteiger partial charge < -0.3 is 24.8 Å². The molecule has 5 nitrogen and oxygen atoms in total. The Bertz CT molecular complexity index is 1080. The van der Waals surface area contributed by atoms with Crippen LogP contribution in [0.5, 0.6) is 5.75 Å². The molecule has 0 aromatic heterocycles. The highest BCUT2D eigenvalue weighted by Gasteiger charge is 2.42. The van der Waals surface area contributed by atoms with Gasteiger partial charge in [-0.1, -0.05) is 66.2 Å². The molecule has 32 heavy (non-hydrogen) atoms. The predicted molar refractivity (Wildman–Crippen MR) is 124 cm³/mol. The van der Waals surface area contributed by atoms with E-state index >= 15 is 0 Å². The van der Waals surface area contributed by atoms with Crippen molar-refractivity contribution in [3.8, 4) is 5.75 Å². The summed E-state index contributed by atoms with van der Waals surface area (Å²) in [5, 5.41) is 32.1. The van der Waals surface area contributed by atoms with Gasteiger partial charge in [0.15, 0.2) is 6.10 Å². The summed E-state index contributed by atoms with van der Waals surface area (Å²) in [4.78, 5) is 0. The summed E-state index contributed by atoms with van der Waals surface area (Å²) in [6.07, 6.45) is -2.61. The van der Waals surface area contributed by atoms with E-state index in [2.05, 4.69) is 0 Å². The third-order valence-electron chi connectivity index (χ3n) is 5.60. The number of aliphatic hydroxyl groups excluding tert-OH is 3. The first-order chi connectivity index (χ1) is 15.5. The van der Waals surface area contributed by atoms with Crippen LogP contribution >= 0.6 is 11.6 Å². The lowest BCUT2D eigenvalue weighted by Crippen LogP contribution is -2.47. The summed E-state index contributed by atoms with van der Waals surface area (Å²) in [6, 6.07) is 22.5. The van der Waals surface area contributed by atoms with Gasteiger partial charge in [0.25, 0.3) is 0 Å². The quantitative estimate of drug-likeness (QED) is 0.542.